The maximum atomic E-state index is 12.3. The van der Waals surface area contributed by atoms with E-state index >= 15 is 0 Å². The summed E-state index contributed by atoms with van der Waals surface area (Å²) in [6.45, 7) is -0.290. The second kappa shape index (κ2) is 12.4. The summed E-state index contributed by atoms with van der Waals surface area (Å²) in [5.41, 5.74) is 6.31. The third kappa shape index (κ3) is 7.22. The van der Waals surface area contributed by atoms with E-state index in [0.717, 1.165) is 0 Å². The lowest BCUT2D eigenvalue weighted by atomic mass is 10.2. The fourth-order valence-electron chi connectivity index (χ4n) is 2.84. The molecule has 3 rings (SSSR count). The van der Waals surface area contributed by atoms with Crippen molar-refractivity contribution in [3.05, 3.63) is 77.4 Å². The molecule has 2 amide bonds. The van der Waals surface area contributed by atoms with Gasteiger partial charge in [0.2, 0.25) is 0 Å². The van der Waals surface area contributed by atoms with E-state index in [1.54, 1.807) is 36.4 Å². The molecule has 3 aromatic rings. The zero-order valence-electron chi connectivity index (χ0n) is 19.5. The molecule has 11 heteroatoms. The van der Waals surface area contributed by atoms with Crippen molar-refractivity contribution in [3.63, 3.8) is 0 Å². The number of ether oxygens (including phenoxy) is 3. The molecule has 0 saturated carbocycles. The average Bonchev–Trinajstić information content (AvgIpc) is 2.89. The second-order valence-corrected chi connectivity index (χ2v) is 7.17. The van der Waals surface area contributed by atoms with Gasteiger partial charge in [-0.05, 0) is 71.8 Å². The van der Waals surface area contributed by atoms with Crippen LogP contribution in [0.25, 0.3) is 0 Å². The molecule has 0 unspecified atom stereocenters. The minimum atomic E-state index is -0.487. The number of rotatable bonds is 10. The van der Waals surface area contributed by atoms with E-state index in [1.807, 2.05) is 0 Å². The Balaban J connectivity index is 1.45. The van der Waals surface area contributed by atoms with Gasteiger partial charge in [-0.1, -0.05) is 0 Å². The second-order valence-electron chi connectivity index (χ2n) is 7.17. The van der Waals surface area contributed by atoms with Gasteiger partial charge in [0, 0.05) is 5.56 Å². The monoisotopic (exact) mass is 492 g/mol. The zero-order chi connectivity index (χ0) is 25.9. The van der Waals surface area contributed by atoms with Crippen molar-refractivity contribution >= 4 is 24.2 Å². The third-order valence-corrected chi connectivity index (χ3v) is 4.68. The Kier molecular flexibility index (Phi) is 8.82. The van der Waals surface area contributed by atoms with Gasteiger partial charge in [0.05, 0.1) is 26.6 Å². The molecule has 0 aliphatic carbocycles. The molecule has 0 aliphatic rings. The molecule has 36 heavy (non-hydrogen) atoms. The molecule has 186 valence electrons. The fourth-order valence-corrected chi connectivity index (χ4v) is 2.84. The number of phenols is 2. The SMILES string of the molecule is COc1cc(C=NNC(=O)COc2ccc(C(=O)NN=Cc3ccc(O)c(OC)c3)cc2)ccc1O. The first kappa shape index (κ1) is 25.6. The summed E-state index contributed by atoms with van der Waals surface area (Å²) in [6.07, 6.45) is 2.81. The van der Waals surface area contributed by atoms with Crippen molar-refractivity contribution < 1.29 is 34.0 Å². The number of carbonyl (C=O) groups is 2. The van der Waals surface area contributed by atoms with Crippen molar-refractivity contribution in [2.75, 3.05) is 20.8 Å². The normalized spacial score (nSPS) is 10.8. The molecule has 0 aliphatic heterocycles. The highest BCUT2D eigenvalue weighted by molar-refractivity contribution is 5.95. The van der Waals surface area contributed by atoms with Gasteiger partial charge in [0.15, 0.2) is 29.6 Å². The lowest BCUT2D eigenvalue weighted by molar-refractivity contribution is -0.123. The van der Waals surface area contributed by atoms with Crippen LogP contribution in [0.15, 0.2) is 70.9 Å². The first-order valence-corrected chi connectivity index (χ1v) is 10.5. The summed E-state index contributed by atoms with van der Waals surface area (Å²) in [6, 6.07) is 15.4. The van der Waals surface area contributed by atoms with Crippen molar-refractivity contribution in [1.82, 2.24) is 10.9 Å². The number of hydrogen-bond donors (Lipinski definition) is 4. The van der Waals surface area contributed by atoms with Crippen LogP contribution in [0.2, 0.25) is 0 Å². The minimum absolute atomic E-state index is 0.00123. The Hall–Kier alpha value is -5.06. The van der Waals surface area contributed by atoms with E-state index < -0.39 is 11.8 Å². The van der Waals surface area contributed by atoms with Crippen LogP contribution in [0.3, 0.4) is 0 Å². The number of nitrogens with one attached hydrogen (secondary N) is 2. The van der Waals surface area contributed by atoms with Gasteiger partial charge in [-0.25, -0.2) is 10.9 Å². The Labute approximate surface area is 206 Å². The van der Waals surface area contributed by atoms with Gasteiger partial charge < -0.3 is 24.4 Å². The highest BCUT2D eigenvalue weighted by Crippen LogP contribution is 2.26. The topological polar surface area (TPSA) is 151 Å². The van der Waals surface area contributed by atoms with E-state index in [-0.39, 0.29) is 23.9 Å². The number of hydrogen-bond acceptors (Lipinski definition) is 9. The molecule has 0 bridgehead atoms. The number of aromatic hydroxyl groups is 2. The lowest BCUT2D eigenvalue weighted by Crippen LogP contribution is -2.24. The van der Waals surface area contributed by atoms with Gasteiger partial charge in [-0.2, -0.15) is 10.2 Å². The summed E-state index contributed by atoms with van der Waals surface area (Å²) in [5, 5.41) is 26.9. The number of nitrogens with zero attached hydrogens (tertiary/aromatic N) is 2. The molecule has 0 aromatic heterocycles. The minimum Gasteiger partial charge on any atom is -0.504 e. The fraction of sp³-hybridized carbons (Fsp3) is 0.120. The highest BCUT2D eigenvalue weighted by atomic mass is 16.5. The molecule has 0 radical (unpaired) electrons. The quantitative estimate of drug-likeness (QED) is 0.251. The van der Waals surface area contributed by atoms with Crippen molar-refractivity contribution in [2.45, 2.75) is 0 Å². The Morgan fingerprint density at radius 2 is 1.33 bits per heavy atom. The van der Waals surface area contributed by atoms with Crippen LogP contribution in [0, 0.1) is 0 Å². The van der Waals surface area contributed by atoms with Crippen molar-refractivity contribution in [1.29, 1.82) is 0 Å². The third-order valence-electron chi connectivity index (χ3n) is 4.68. The Morgan fingerprint density at radius 1 is 0.806 bits per heavy atom. The van der Waals surface area contributed by atoms with Gasteiger partial charge in [-0.15, -0.1) is 0 Å². The van der Waals surface area contributed by atoms with Crippen LogP contribution < -0.4 is 25.1 Å². The average molecular weight is 492 g/mol. The van der Waals surface area contributed by atoms with Crippen LogP contribution in [-0.2, 0) is 4.79 Å². The predicted molar refractivity (Wildman–Crippen MR) is 132 cm³/mol. The molecule has 0 saturated heterocycles. The van der Waals surface area contributed by atoms with Gasteiger partial charge >= 0.3 is 0 Å². The van der Waals surface area contributed by atoms with Crippen LogP contribution in [0.1, 0.15) is 21.5 Å². The van der Waals surface area contributed by atoms with Crippen molar-refractivity contribution in [3.8, 4) is 28.7 Å². The summed E-state index contributed by atoms with van der Waals surface area (Å²) in [5.74, 6) is 0.0313. The number of methoxy groups -OCH3 is 2. The van der Waals surface area contributed by atoms with Crippen LogP contribution >= 0.6 is 0 Å². The van der Waals surface area contributed by atoms with Gasteiger partial charge in [-0.3, -0.25) is 9.59 Å². The largest absolute Gasteiger partial charge is 0.504 e. The lowest BCUT2D eigenvalue weighted by Gasteiger charge is -2.06. The number of carbonyl (C=O) groups excluding carboxylic acids is 2. The summed E-state index contributed by atoms with van der Waals surface area (Å²) >= 11 is 0. The van der Waals surface area contributed by atoms with Crippen LogP contribution in [-0.4, -0.2) is 55.3 Å². The van der Waals surface area contributed by atoms with Gasteiger partial charge in [0.25, 0.3) is 11.8 Å². The smallest absolute Gasteiger partial charge is 0.277 e. The standard InChI is InChI=1S/C25H24N4O7/c1-34-22-11-16(3-9-20(22)30)13-26-28-24(32)15-36-19-7-5-18(6-8-19)25(33)29-27-14-17-4-10-21(31)23(12-17)35-2/h3-14,30-31H,15H2,1-2H3,(H,28,32)(H,29,33). The molecule has 0 spiro atoms. The van der Waals surface area contributed by atoms with E-state index in [2.05, 4.69) is 21.1 Å². The van der Waals surface area contributed by atoms with E-state index in [9.17, 15) is 19.8 Å². The maximum Gasteiger partial charge on any atom is 0.277 e. The highest BCUT2D eigenvalue weighted by Gasteiger charge is 2.07. The van der Waals surface area contributed by atoms with Crippen LogP contribution in [0.5, 0.6) is 28.7 Å². The molecule has 0 heterocycles. The van der Waals surface area contributed by atoms with E-state index in [0.29, 0.717) is 28.2 Å². The molecule has 4 N–H and O–H groups in total. The number of hydrazone groups is 2. The number of phenolic OH excluding ortho intramolecular Hbond substituents is 2. The maximum absolute atomic E-state index is 12.3. The van der Waals surface area contributed by atoms with E-state index in [1.165, 1.54) is 50.9 Å². The Morgan fingerprint density at radius 3 is 1.86 bits per heavy atom. The summed E-state index contributed by atoms with van der Waals surface area (Å²) in [7, 11) is 2.86. The number of amides is 2. The zero-order valence-corrected chi connectivity index (χ0v) is 19.5. The molecule has 0 fully saturated rings. The molecule has 0 atom stereocenters. The summed E-state index contributed by atoms with van der Waals surface area (Å²) in [4.78, 5) is 24.2. The first-order valence-electron chi connectivity index (χ1n) is 10.5. The van der Waals surface area contributed by atoms with E-state index in [4.69, 9.17) is 14.2 Å². The molecular weight excluding hydrogens is 468 g/mol. The number of benzene rings is 3. The predicted octanol–water partition coefficient (Wildman–Crippen LogP) is 2.41. The first-order chi connectivity index (χ1) is 17.4. The Bertz CT molecular complexity index is 1270. The summed E-state index contributed by atoms with van der Waals surface area (Å²) < 4.78 is 15.4. The molecule has 11 nitrogen and oxygen atoms in total. The molecular formula is C25H24N4O7. The van der Waals surface area contributed by atoms with Crippen LogP contribution in [0.4, 0.5) is 0 Å². The molecule has 3 aromatic carbocycles. The van der Waals surface area contributed by atoms with Gasteiger partial charge in [0.1, 0.15) is 5.75 Å². The van der Waals surface area contributed by atoms with Crippen molar-refractivity contribution in [2.24, 2.45) is 10.2 Å².